The lowest BCUT2D eigenvalue weighted by Gasteiger charge is -2.32. The molecular formula is C22H39B2ClO4. The second-order valence-corrected chi connectivity index (χ2v) is 10.8. The molecule has 0 atom stereocenters. The molecule has 1 rings (SSSR count). The lowest BCUT2D eigenvalue weighted by molar-refractivity contribution is 0.0408. The smallest absolute Gasteiger partial charge is 0.405 e. The van der Waals surface area contributed by atoms with Crippen LogP contribution in [-0.4, -0.2) is 37.1 Å². The van der Waals surface area contributed by atoms with Gasteiger partial charge in [0.2, 0.25) is 0 Å². The van der Waals surface area contributed by atoms with Crippen molar-refractivity contribution in [2.75, 3.05) is 0 Å². The first-order chi connectivity index (χ1) is 13.0. The molecule has 0 radical (unpaired) electrons. The van der Waals surface area contributed by atoms with Gasteiger partial charge in [-0.3, -0.25) is 0 Å². The summed E-state index contributed by atoms with van der Waals surface area (Å²) in [7, 11) is -1.10. The van der Waals surface area contributed by atoms with Crippen molar-refractivity contribution in [3.63, 3.8) is 0 Å². The van der Waals surface area contributed by atoms with Crippen molar-refractivity contribution < 1.29 is 18.6 Å². The highest BCUT2D eigenvalue weighted by Crippen LogP contribution is 2.19. The van der Waals surface area contributed by atoms with E-state index in [1.54, 1.807) is 0 Å². The zero-order chi connectivity index (χ0) is 22.6. The maximum Gasteiger partial charge on any atom is 0.494 e. The number of rotatable bonds is 9. The third-order valence-corrected chi connectivity index (χ3v) is 4.30. The van der Waals surface area contributed by atoms with Crippen molar-refractivity contribution >= 4 is 36.8 Å². The van der Waals surface area contributed by atoms with Crippen molar-refractivity contribution in [1.82, 2.24) is 0 Å². The zero-order valence-electron chi connectivity index (χ0n) is 20.2. The van der Waals surface area contributed by atoms with Crippen LogP contribution in [0.3, 0.4) is 0 Å². The molecule has 0 N–H and O–H groups in total. The van der Waals surface area contributed by atoms with Gasteiger partial charge in [-0.25, -0.2) is 0 Å². The van der Waals surface area contributed by atoms with E-state index in [9.17, 15) is 0 Å². The van der Waals surface area contributed by atoms with Gasteiger partial charge in [0.15, 0.2) is 0 Å². The third-order valence-electron chi connectivity index (χ3n) is 4.08. The van der Waals surface area contributed by atoms with Gasteiger partial charge in [-0.15, -0.1) is 0 Å². The summed E-state index contributed by atoms with van der Waals surface area (Å²) in [5.74, 6) is 0. The fourth-order valence-electron chi connectivity index (χ4n) is 2.51. The Morgan fingerprint density at radius 3 is 1.62 bits per heavy atom. The summed E-state index contributed by atoms with van der Waals surface area (Å²) >= 11 is 6.50. The second kappa shape index (κ2) is 10.2. The first-order valence-corrected chi connectivity index (χ1v) is 10.9. The van der Waals surface area contributed by atoms with Crippen LogP contribution >= 0.6 is 11.6 Å². The predicted octanol–water partition coefficient (Wildman–Crippen LogP) is 4.99. The Balaban J connectivity index is 3.38. The lowest BCUT2D eigenvalue weighted by atomic mass is 9.70. The van der Waals surface area contributed by atoms with Crippen LogP contribution in [0.15, 0.2) is 18.2 Å². The molecule has 0 aromatic heterocycles. The molecular weight excluding hydrogens is 385 g/mol. The average Bonchev–Trinajstić information content (AvgIpc) is 2.49. The zero-order valence-corrected chi connectivity index (χ0v) is 20.9. The Morgan fingerprint density at radius 1 is 0.793 bits per heavy atom. The van der Waals surface area contributed by atoms with E-state index in [4.69, 9.17) is 30.2 Å². The first kappa shape index (κ1) is 26.5. The molecule has 0 amide bonds. The van der Waals surface area contributed by atoms with Gasteiger partial charge < -0.3 is 18.6 Å². The van der Waals surface area contributed by atoms with E-state index in [1.165, 1.54) is 0 Å². The van der Waals surface area contributed by atoms with E-state index in [1.807, 2.05) is 73.6 Å². The summed E-state index contributed by atoms with van der Waals surface area (Å²) < 4.78 is 24.9. The Labute approximate surface area is 184 Å². The molecule has 0 heterocycles. The topological polar surface area (TPSA) is 36.9 Å². The van der Waals surface area contributed by atoms with Crippen molar-refractivity contribution in [2.45, 2.75) is 105 Å². The summed E-state index contributed by atoms with van der Waals surface area (Å²) in [5.41, 5.74) is 0.598. The Hall–Kier alpha value is -0.520. The minimum atomic E-state index is -0.564. The van der Waals surface area contributed by atoms with Gasteiger partial charge in [0.1, 0.15) is 0 Å². The molecule has 0 aliphatic heterocycles. The molecule has 0 aliphatic carbocycles. The van der Waals surface area contributed by atoms with Gasteiger partial charge in [-0.1, -0.05) is 24.6 Å². The molecule has 0 spiro atoms. The van der Waals surface area contributed by atoms with E-state index in [0.29, 0.717) is 5.02 Å². The van der Waals surface area contributed by atoms with E-state index in [0.717, 1.165) is 17.3 Å². The van der Waals surface area contributed by atoms with Crippen molar-refractivity contribution in [2.24, 2.45) is 0 Å². The predicted molar refractivity (Wildman–Crippen MR) is 126 cm³/mol. The van der Waals surface area contributed by atoms with E-state index >= 15 is 0 Å². The van der Waals surface area contributed by atoms with Crippen molar-refractivity contribution in [3.05, 3.63) is 23.2 Å². The minimum absolute atomic E-state index is 0.00235. The number of hydrogen-bond acceptors (Lipinski definition) is 4. The van der Waals surface area contributed by atoms with Gasteiger partial charge in [-0.2, -0.15) is 0 Å². The fraction of sp³-hybridized carbons (Fsp3) is 0.727. The SMILES string of the molecule is CCC(C)(C)OB(OC(C)C)c1cc(Cl)cc(B(OC(C)(C)C)OC(C)(C)C)c1. The summed E-state index contributed by atoms with van der Waals surface area (Å²) in [6, 6.07) is 5.77. The quantitative estimate of drug-likeness (QED) is 0.523. The number of benzene rings is 1. The summed E-state index contributed by atoms with van der Waals surface area (Å²) in [5, 5.41) is 0.591. The van der Waals surface area contributed by atoms with Crippen LogP contribution in [0.5, 0.6) is 0 Å². The van der Waals surface area contributed by atoms with Crippen LogP contribution in [0.2, 0.25) is 5.02 Å². The highest BCUT2D eigenvalue weighted by Gasteiger charge is 2.35. The van der Waals surface area contributed by atoms with E-state index in [2.05, 4.69) is 20.8 Å². The van der Waals surface area contributed by atoms with E-state index < -0.39 is 14.2 Å². The Bertz CT molecular complexity index is 635. The Kier molecular flexibility index (Phi) is 9.32. The molecule has 1 aromatic carbocycles. The molecule has 0 saturated carbocycles. The van der Waals surface area contributed by atoms with Gasteiger partial charge in [0.25, 0.3) is 0 Å². The maximum absolute atomic E-state index is 6.50. The van der Waals surface area contributed by atoms with Crippen LogP contribution in [0.25, 0.3) is 0 Å². The molecule has 0 aliphatic rings. The first-order valence-electron chi connectivity index (χ1n) is 10.5. The summed E-state index contributed by atoms with van der Waals surface area (Å²) in [4.78, 5) is 0. The fourth-order valence-corrected chi connectivity index (χ4v) is 2.76. The molecule has 1 aromatic rings. The van der Waals surface area contributed by atoms with Crippen LogP contribution in [0, 0.1) is 0 Å². The van der Waals surface area contributed by atoms with Crippen molar-refractivity contribution in [1.29, 1.82) is 0 Å². The third kappa shape index (κ3) is 10.4. The standard InChI is InChI=1S/C22H39B2ClO4/c1-12-22(10,11)29-23(26-16(2)3)17-13-18(15-19(25)14-17)24(27-20(4,5)6)28-21(7,8)9/h13-16H,12H2,1-11H3. The van der Waals surface area contributed by atoms with Crippen LogP contribution in [0.4, 0.5) is 0 Å². The highest BCUT2D eigenvalue weighted by atomic mass is 35.5. The lowest BCUT2D eigenvalue weighted by Crippen LogP contribution is -2.50. The van der Waals surface area contributed by atoms with Crippen LogP contribution < -0.4 is 10.9 Å². The second-order valence-electron chi connectivity index (χ2n) is 10.4. The molecule has 164 valence electrons. The highest BCUT2D eigenvalue weighted by molar-refractivity contribution is 6.66. The van der Waals surface area contributed by atoms with E-state index in [-0.39, 0.29) is 22.9 Å². The largest absolute Gasteiger partial charge is 0.494 e. The molecule has 0 unspecified atom stereocenters. The Morgan fingerprint density at radius 2 is 1.24 bits per heavy atom. The molecule has 0 fully saturated rings. The monoisotopic (exact) mass is 424 g/mol. The molecule has 0 saturated heterocycles. The van der Waals surface area contributed by atoms with Gasteiger partial charge in [0.05, 0.1) is 0 Å². The normalized spacial score (nSPS) is 13.1. The molecule has 29 heavy (non-hydrogen) atoms. The van der Waals surface area contributed by atoms with Crippen molar-refractivity contribution in [3.8, 4) is 0 Å². The minimum Gasteiger partial charge on any atom is -0.405 e. The average molecular weight is 425 g/mol. The van der Waals surface area contributed by atoms with Gasteiger partial charge in [-0.05, 0) is 98.7 Å². The van der Waals surface area contributed by atoms with Gasteiger partial charge >= 0.3 is 14.2 Å². The number of halogens is 1. The van der Waals surface area contributed by atoms with Crippen LogP contribution in [-0.2, 0) is 18.6 Å². The summed E-state index contributed by atoms with van der Waals surface area (Å²) in [6.45, 7) is 22.3. The molecule has 7 heteroatoms. The summed E-state index contributed by atoms with van der Waals surface area (Å²) in [6.07, 6.45) is 0.865. The number of hydrogen-bond donors (Lipinski definition) is 0. The molecule has 0 bridgehead atoms. The van der Waals surface area contributed by atoms with Gasteiger partial charge in [0, 0.05) is 27.9 Å². The van der Waals surface area contributed by atoms with Crippen LogP contribution in [0.1, 0.15) is 82.6 Å². The molecule has 4 nitrogen and oxygen atoms in total. The maximum atomic E-state index is 6.50.